The van der Waals surface area contributed by atoms with E-state index in [1.165, 1.54) is 98.0 Å². The molecule has 0 aromatic heterocycles. The molecule has 0 aliphatic carbocycles. The van der Waals surface area contributed by atoms with Crippen molar-refractivity contribution in [3.63, 3.8) is 0 Å². The second kappa shape index (κ2) is 19.5. The van der Waals surface area contributed by atoms with Crippen LogP contribution in [-0.2, 0) is 10.8 Å². The van der Waals surface area contributed by atoms with Gasteiger partial charge in [-0.25, -0.2) is 0 Å². The highest BCUT2D eigenvalue weighted by Crippen LogP contribution is 2.58. The average molecular weight is 1040 g/mol. The Labute approximate surface area is 471 Å². The molecule has 0 fully saturated rings. The number of fused-ring (bicyclic) bond motifs is 6. The molecule has 0 saturated heterocycles. The molecule has 0 saturated carbocycles. The Balaban J connectivity index is 1.12. The predicted molar refractivity (Wildman–Crippen MR) is 343 cm³/mol. The maximum atomic E-state index is 6.17. The Morgan fingerprint density at radius 1 is 0.287 bits per heavy atom. The highest BCUT2D eigenvalue weighted by Gasteiger charge is 2.30. The molecule has 4 heteroatoms. The Hall–Kier alpha value is -8.86. The van der Waals surface area contributed by atoms with Crippen LogP contribution in [0, 0.1) is 0 Å². The fraction of sp³-hybridized carbons (Fsp3) is 0.184. The summed E-state index contributed by atoms with van der Waals surface area (Å²) in [4.78, 5) is 4.86. The summed E-state index contributed by atoms with van der Waals surface area (Å²) in [6.45, 7) is 22.0. The lowest BCUT2D eigenvalue weighted by Gasteiger charge is -2.29. The zero-order valence-electron chi connectivity index (χ0n) is 47.7. The maximum absolute atomic E-state index is 6.17. The van der Waals surface area contributed by atoms with E-state index in [4.69, 9.17) is 9.47 Å². The minimum Gasteiger partial charge on any atom is -0.491 e. The summed E-state index contributed by atoms with van der Waals surface area (Å²) in [6, 6.07) is 81.3. The summed E-state index contributed by atoms with van der Waals surface area (Å²) < 4.78 is 12.3. The summed E-state index contributed by atoms with van der Waals surface area (Å²) in [7, 11) is 0. The van der Waals surface area contributed by atoms with E-state index in [1.807, 2.05) is 0 Å². The molecule has 80 heavy (non-hydrogen) atoms. The van der Waals surface area contributed by atoms with Crippen molar-refractivity contribution >= 4 is 98.8 Å². The van der Waals surface area contributed by atoms with Gasteiger partial charge in [-0.1, -0.05) is 175 Å². The van der Waals surface area contributed by atoms with E-state index in [0.717, 1.165) is 45.6 Å². The normalized spacial score (nSPS) is 12.3. The fourth-order valence-electron chi connectivity index (χ4n) is 12.6. The van der Waals surface area contributed by atoms with Crippen LogP contribution in [0.3, 0.4) is 0 Å². The first kappa shape index (κ1) is 50.6. The molecule has 0 heterocycles. The number of ether oxygens (including phenoxy) is 2. The molecule has 13 aromatic carbocycles. The largest absolute Gasteiger partial charge is 0.491 e. The number of hydrogen-bond donors (Lipinski definition) is 0. The highest BCUT2D eigenvalue weighted by molar-refractivity contribution is 6.47. The summed E-state index contributed by atoms with van der Waals surface area (Å²) in [5.74, 6) is 1.69. The number of benzene rings is 11. The van der Waals surface area contributed by atoms with Gasteiger partial charge in [-0.2, -0.15) is 0 Å². The molecule has 13 rings (SSSR count). The minimum atomic E-state index is 0.0272. The first-order valence-electron chi connectivity index (χ1n) is 28.4. The highest BCUT2D eigenvalue weighted by atomic mass is 16.5. The van der Waals surface area contributed by atoms with E-state index in [1.54, 1.807) is 0 Å². The fourth-order valence-corrected chi connectivity index (χ4v) is 12.6. The van der Waals surface area contributed by atoms with Crippen molar-refractivity contribution in [2.24, 2.45) is 0 Å². The van der Waals surface area contributed by atoms with Gasteiger partial charge in [-0.05, 0) is 211 Å². The number of anilines is 6. The molecule has 13 aromatic rings. The topological polar surface area (TPSA) is 24.9 Å². The van der Waals surface area contributed by atoms with E-state index in [2.05, 4.69) is 297 Å². The van der Waals surface area contributed by atoms with Gasteiger partial charge in [0.15, 0.2) is 0 Å². The van der Waals surface area contributed by atoms with Gasteiger partial charge in [0, 0.05) is 33.5 Å². The summed E-state index contributed by atoms with van der Waals surface area (Å²) in [6.07, 6.45) is 0.139. The van der Waals surface area contributed by atoms with Crippen molar-refractivity contribution in [3.8, 4) is 33.8 Å². The zero-order valence-corrected chi connectivity index (χ0v) is 47.7. The molecule has 0 bridgehead atoms. The molecule has 0 spiro atoms. The minimum absolute atomic E-state index is 0.0272. The molecule has 0 unspecified atom stereocenters. The lowest BCUT2D eigenvalue weighted by atomic mass is 9.86. The number of hydrogen-bond acceptors (Lipinski definition) is 4. The van der Waals surface area contributed by atoms with Gasteiger partial charge >= 0.3 is 0 Å². The van der Waals surface area contributed by atoms with Crippen LogP contribution in [0.2, 0.25) is 0 Å². The van der Waals surface area contributed by atoms with Crippen LogP contribution >= 0.6 is 0 Å². The van der Waals surface area contributed by atoms with E-state index >= 15 is 0 Å². The van der Waals surface area contributed by atoms with Crippen LogP contribution in [0.5, 0.6) is 11.5 Å². The van der Waals surface area contributed by atoms with Gasteiger partial charge in [0.1, 0.15) is 11.5 Å². The van der Waals surface area contributed by atoms with Crippen LogP contribution < -0.4 is 19.3 Å². The third-order valence-corrected chi connectivity index (χ3v) is 16.1. The van der Waals surface area contributed by atoms with Crippen molar-refractivity contribution in [2.45, 2.75) is 92.3 Å². The van der Waals surface area contributed by atoms with Gasteiger partial charge in [0.25, 0.3) is 0 Å². The predicted octanol–water partition coefficient (Wildman–Crippen LogP) is 21.9. The Morgan fingerprint density at radius 3 is 0.900 bits per heavy atom. The molecule has 4 nitrogen and oxygen atoms in total. The third kappa shape index (κ3) is 8.61. The van der Waals surface area contributed by atoms with Crippen LogP contribution in [0.25, 0.3) is 86.9 Å². The van der Waals surface area contributed by atoms with Crippen molar-refractivity contribution < 1.29 is 9.47 Å². The van der Waals surface area contributed by atoms with E-state index < -0.39 is 0 Å². The molecule has 394 valence electrons. The Kier molecular flexibility index (Phi) is 12.3. The second-order valence-electron chi connectivity index (χ2n) is 24.3. The van der Waals surface area contributed by atoms with Crippen molar-refractivity contribution in [1.29, 1.82) is 0 Å². The lowest BCUT2D eigenvalue weighted by Crippen LogP contribution is -2.14. The molecule has 0 radical (unpaired) electrons. The summed E-state index contributed by atoms with van der Waals surface area (Å²) >= 11 is 0. The Morgan fingerprint density at radius 2 is 0.588 bits per heavy atom. The van der Waals surface area contributed by atoms with Gasteiger partial charge in [-0.3, -0.25) is 0 Å². The van der Waals surface area contributed by atoms with E-state index in [0.29, 0.717) is 0 Å². The van der Waals surface area contributed by atoms with Gasteiger partial charge in [-0.15, -0.1) is 0 Å². The van der Waals surface area contributed by atoms with Crippen molar-refractivity contribution in [1.82, 2.24) is 0 Å². The zero-order chi connectivity index (χ0) is 55.2. The molecule has 0 aliphatic heterocycles. The van der Waals surface area contributed by atoms with E-state index in [9.17, 15) is 0 Å². The lowest BCUT2D eigenvalue weighted by molar-refractivity contribution is 0.242. The quantitative estimate of drug-likeness (QED) is 0.122. The van der Waals surface area contributed by atoms with Gasteiger partial charge in [0.05, 0.1) is 23.6 Å². The maximum Gasteiger partial charge on any atom is 0.119 e. The van der Waals surface area contributed by atoms with Crippen LogP contribution in [0.1, 0.15) is 80.4 Å². The SMILES string of the molecule is CC(C)Oc1ccc(N(c2ccc(OC(C)C)cc2)c2ccc3c4c(-c5ccccc5)c5c6cccc7c(N(c8ccc(C(C)(C)C)cc8)c8ccc(C(C)(C)C)cc8)ccc(c5c(-c5ccccc5)c4c4cccc2c43)c76)cc1. The first-order chi connectivity index (χ1) is 38.6. The second-order valence-corrected chi connectivity index (χ2v) is 24.3. The number of rotatable bonds is 12. The average Bonchev–Trinajstić information content (AvgIpc) is 4.19. The molecule has 0 aliphatic rings. The monoisotopic (exact) mass is 1040 g/mol. The summed E-state index contributed by atoms with van der Waals surface area (Å²) in [5.41, 5.74) is 14.2. The van der Waals surface area contributed by atoms with Crippen LogP contribution in [0.15, 0.2) is 218 Å². The summed E-state index contributed by atoms with van der Waals surface area (Å²) in [5, 5.41) is 15.0. The van der Waals surface area contributed by atoms with Crippen LogP contribution in [-0.4, -0.2) is 12.2 Å². The van der Waals surface area contributed by atoms with Gasteiger partial charge < -0.3 is 19.3 Å². The van der Waals surface area contributed by atoms with Gasteiger partial charge in [0.2, 0.25) is 0 Å². The van der Waals surface area contributed by atoms with Crippen LogP contribution in [0.4, 0.5) is 34.1 Å². The van der Waals surface area contributed by atoms with Crippen molar-refractivity contribution in [3.05, 3.63) is 230 Å². The molecule has 0 atom stereocenters. The van der Waals surface area contributed by atoms with E-state index in [-0.39, 0.29) is 23.0 Å². The first-order valence-corrected chi connectivity index (χ1v) is 28.4. The Bertz CT molecular complexity index is 4170. The third-order valence-electron chi connectivity index (χ3n) is 16.1. The molecule has 0 amide bonds. The standard InChI is InChI=1S/C76H68N2O2/c1-47(2)79-57-39-35-55(36-40-57)78(56-37-41-58(42-38-56)80-48(3)4)66-46-44-64-70-60(66)24-18-26-62(70)72-68(50-21-15-12-16-22-50)73-63-43-45-65(59-23-17-25-61(69(59)63)71(73)67(74(64)72)49-19-13-11-14-20-49)77(53-31-27-51(28-32-53)75(5,6)7)54-33-29-52(30-34-54)76(8,9)10/h11-48H,1-10H3. The van der Waals surface area contributed by atoms with Crippen molar-refractivity contribution in [2.75, 3.05) is 9.80 Å². The number of nitrogens with zero attached hydrogens (tertiary/aromatic N) is 2. The molecular weight excluding hydrogens is 973 g/mol. The smallest absolute Gasteiger partial charge is 0.119 e. The molecule has 0 N–H and O–H groups in total. The molecular formula is C76H68N2O2.